The van der Waals surface area contributed by atoms with Crippen LogP contribution in [0.1, 0.15) is 50.3 Å². The Morgan fingerprint density at radius 2 is 1.89 bits per heavy atom. The Morgan fingerprint density at radius 3 is 2.63 bits per heavy atom. The third kappa shape index (κ3) is 4.89. The monoisotopic (exact) mass is 365 g/mol. The molecule has 0 spiro atoms. The summed E-state index contributed by atoms with van der Waals surface area (Å²) in [6.45, 7) is 8.50. The van der Waals surface area contributed by atoms with Crippen LogP contribution in [0.25, 0.3) is 0 Å². The number of carbonyl (C=O) groups excluding carboxylic acids is 1. The van der Waals surface area contributed by atoms with Crippen LogP contribution in [-0.2, 0) is 4.79 Å². The number of nitrogens with one attached hydrogen (secondary N) is 2. The second-order valence-electron chi connectivity index (χ2n) is 7.49. The number of likely N-dealkylation sites (tertiary alicyclic amines) is 1. The average Bonchev–Trinajstić information content (AvgIpc) is 3.14. The predicted octanol–water partition coefficient (Wildman–Crippen LogP) is 4.98. The highest BCUT2D eigenvalue weighted by atomic mass is 16.1. The van der Waals surface area contributed by atoms with Crippen LogP contribution in [0.15, 0.2) is 48.5 Å². The van der Waals surface area contributed by atoms with Gasteiger partial charge in [-0.15, -0.1) is 0 Å². The Labute approximate surface area is 163 Å². The SMILES string of the molecule is CCCC(=O)Nc1cccc(N[C@H]2CCN([C@@H](C)c3ccccc3)C2)c1C. The van der Waals surface area contributed by atoms with E-state index in [0.717, 1.165) is 42.9 Å². The molecule has 1 aliphatic rings. The van der Waals surface area contributed by atoms with E-state index in [-0.39, 0.29) is 5.91 Å². The summed E-state index contributed by atoms with van der Waals surface area (Å²) in [5, 5.41) is 6.73. The first-order valence-electron chi connectivity index (χ1n) is 10.0. The lowest BCUT2D eigenvalue weighted by molar-refractivity contribution is -0.116. The summed E-state index contributed by atoms with van der Waals surface area (Å²) in [7, 11) is 0. The molecule has 2 atom stereocenters. The topological polar surface area (TPSA) is 44.4 Å². The highest BCUT2D eigenvalue weighted by Crippen LogP contribution is 2.29. The fourth-order valence-corrected chi connectivity index (χ4v) is 3.79. The van der Waals surface area contributed by atoms with E-state index in [4.69, 9.17) is 0 Å². The number of nitrogens with zero attached hydrogens (tertiary/aromatic N) is 1. The van der Waals surface area contributed by atoms with Gasteiger partial charge < -0.3 is 10.6 Å². The van der Waals surface area contributed by atoms with Crippen molar-refractivity contribution in [3.63, 3.8) is 0 Å². The molecule has 0 radical (unpaired) electrons. The van der Waals surface area contributed by atoms with Gasteiger partial charge in [0, 0.05) is 43.0 Å². The van der Waals surface area contributed by atoms with Crippen LogP contribution in [-0.4, -0.2) is 29.9 Å². The second kappa shape index (κ2) is 9.05. The van der Waals surface area contributed by atoms with Crippen LogP contribution >= 0.6 is 0 Å². The smallest absolute Gasteiger partial charge is 0.224 e. The molecule has 2 N–H and O–H groups in total. The number of carbonyl (C=O) groups is 1. The van der Waals surface area contributed by atoms with Gasteiger partial charge in [0.1, 0.15) is 0 Å². The Kier molecular flexibility index (Phi) is 6.51. The zero-order valence-electron chi connectivity index (χ0n) is 16.7. The Hall–Kier alpha value is -2.33. The third-order valence-corrected chi connectivity index (χ3v) is 5.49. The van der Waals surface area contributed by atoms with Gasteiger partial charge in [-0.25, -0.2) is 0 Å². The van der Waals surface area contributed by atoms with E-state index >= 15 is 0 Å². The molecule has 1 amide bonds. The molecule has 1 fully saturated rings. The molecular weight excluding hydrogens is 334 g/mol. The predicted molar refractivity (Wildman–Crippen MR) is 113 cm³/mol. The third-order valence-electron chi connectivity index (χ3n) is 5.49. The van der Waals surface area contributed by atoms with Crippen molar-refractivity contribution in [2.75, 3.05) is 23.7 Å². The summed E-state index contributed by atoms with van der Waals surface area (Å²) in [4.78, 5) is 14.5. The van der Waals surface area contributed by atoms with Gasteiger partial charge in [-0.3, -0.25) is 9.69 Å². The maximum Gasteiger partial charge on any atom is 0.224 e. The maximum atomic E-state index is 11.9. The molecule has 4 heteroatoms. The molecule has 1 saturated heterocycles. The fourth-order valence-electron chi connectivity index (χ4n) is 3.79. The molecule has 0 aromatic heterocycles. The molecule has 3 rings (SSSR count). The van der Waals surface area contributed by atoms with E-state index in [1.54, 1.807) is 0 Å². The lowest BCUT2D eigenvalue weighted by Crippen LogP contribution is -2.28. The lowest BCUT2D eigenvalue weighted by atomic mass is 10.1. The molecule has 4 nitrogen and oxygen atoms in total. The van der Waals surface area contributed by atoms with Gasteiger partial charge in [-0.1, -0.05) is 43.3 Å². The van der Waals surface area contributed by atoms with Crippen LogP contribution < -0.4 is 10.6 Å². The first kappa shape index (κ1) is 19.4. The largest absolute Gasteiger partial charge is 0.381 e. The number of anilines is 2. The van der Waals surface area contributed by atoms with Crippen LogP contribution in [0.4, 0.5) is 11.4 Å². The molecular formula is C23H31N3O. The molecule has 0 saturated carbocycles. The first-order valence-corrected chi connectivity index (χ1v) is 10.0. The Morgan fingerprint density at radius 1 is 1.15 bits per heavy atom. The summed E-state index contributed by atoms with van der Waals surface area (Å²) in [6, 6.07) is 17.7. The van der Waals surface area contributed by atoms with Gasteiger partial charge in [0.25, 0.3) is 0 Å². The molecule has 2 aromatic carbocycles. The van der Waals surface area contributed by atoms with Gasteiger partial charge in [-0.05, 0) is 49.9 Å². The number of hydrogen-bond acceptors (Lipinski definition) is 3. The van der Waals surface area contributed by atoms with Crippen LogP contribution in [0.3, 0.4) is 0 Å². The minimum atomic E-state index is 0.0847. The number of benzene rings is 2. The van der Waals surface area contributed by atoms with Gasteiger partial charge in [0.2, 0.25) is 5.91 Å². The van der Waals surface area contributed by atoms with E-state index in [9.17, 15) is 4.79 Å². The zero-order chi connectivity index (χ0) is 19.2. The average molecular weight is 366 g/mol. The molecule has 1 aliphatic heterocycles. The van der Waals surface area contributed by atoms with E-state index in [1.165, 1.54) is 5.56 Å². The minimum Gasteiger partial charge on any atom is -0.381 e. The first-order chi connectivity index (χ1) is 13.1. The molecule has 0 bridgehead atoms. The van der Waals surface area contributed by atoms with Crippen molar-refractivity contribution in [1.29, 1.82) is 0 Å². The highest BCUT2D eigenvalue weighted by Gasteiger charge is 2.27. The molecule has 2 aromatic rings. The van der Waals surface area contributed by atoms with Crippen molar-refractivity contribution in [3.05, 3.63) is 59.7 Å². The number of hydrogen-bond donors (Lipinski definition) is 2. The number of rotatable bonds is 7. The Balaban J connectivity index is 1.62. The van der Waals surface area contributed by atoms with E-state index in [1.807, 2.05) is 19.1 Å². The van der Waals surface area contributed by atoms with E-state index in [2.05, 4.69) is 65.8 Å². The van der Waals surface area contributed by atoms with Crippen LogP contribution in [0.5, 0.6) is 0 Å². The van der Waals surface area contributed by atoms with E-state index in [0.29, 0.717) is 18.5 Å². The summed E-state index contributed by atoms with van der Waals surface area (Å²) in [5.74, 6) is 0.0847. The van der Waals surface area contributed by atoms with Crippen molar-refractivity contribution < 1.29 is 4.79 Å². The highest BCUT2D eigenvalue weighted by molar-refractivity contribution is 5.92. The van der Waals surface area contributed by atoms with E-state index < -0.39 is 0 Å². The van der Waals surface area contributed by atoms with Crippen molar-refractivity contribution in [1.82, 2.24) is 4.90 Å². The molecule has 27 heavy (non-hydrogen) atoms. The van der Waals surface area contributed by atoms with Gasteiger partial charge in [0.05, 0.1) is 0 Å². The van der Waals surface area contributed by atoms with Crippen LogP contribution in [0, 0.1) is 6.92 Å². The number of amides is 1. The van der Waals surface area contributed by atoms with Gasteiger partial charge >= 0.3 is 0 Å². The van der Waals surface area contributed by atoms with Crippen molar-refractivity contribution >= 4 is 17.3 Å². The van der Waals surface area contributed by atoms with Gasteiger partial charge in [0.15, 0.2) is 0 Å². The maximum absolute atomic E-state index is 11.9. The molecule has 144 valence electrons. The normalized spacial score (nSPS) is 18.3. The lowest BCUT2D eigenvalue weighted by Gasteiger charge is -2.25. The summed E-state index contributed by atoms with van der Waals surface area (Å²) in [6.07, 6.45) is 2.55. The zero-order valence-corrected chi connectivity index (χ0v) is 16.7. The van der Waals surface area contributed by atoms with Crippen molar-refractivity contribution in [2.24, 2.45) is 0 Å². The standard InChI is InChI=1S/C23H31N3O/c1-4-9-23(27)25-22-13-8-12-21(17(22)2)24-20-14-15-26(16-20)18(3)19-10-6-5-7-11-19/h5-8,10-13,18,20,24H,4,9,14-16H2,1-3H3,(H,25,27)/t18-,20-/m0/s1. The fraction of sp³-hybridized carbons (Fsp3) is 0.435. The van der Waals surface area contributed by atoms with Crippen molar-refractivity contribution in [3.8, 4) is 0 Å². The second-order valence-corrected chi connectivity index (χ2v) is 7.49. The molecule has 1 heterocycles. The van der Waals surface area contributed by atoms with Crippen molar-refractivity contribution in [2.45, 2.75) is 52.1 Å². The quantitative estimate of drug-likeness (QED) is 0.727. The molecule has 0 aliphatic carbocycles. The summed E-state index contributed by atoms with van der Waals surface area (Å²) < 4.78 is 0. The molecule has 0 unspecified atom stereocenters. The Bertz CT molecular complexity index is 759. The summed E-state index contributed by atoms with van der Waals surface area (Å²) >= 11 is 0. The van der Waals surface area contributed by atoms with Crippen LogP contribution in [0.2, 0.25) is 0 Å². The summed E-state index contributed by atoms with van der Waals surface area (Å²) in [5.41, 5.74) is 4.50. The minimum absolute atomic E-state index is 0.0847. The van der Waals surface area contributed by atoms with Gasteiger partial charge in [-0.2, -0.15) is 0 Å².